The number of carbonyl (C=O) groups is 1. The van der Waals surface area contributed by atoms with Crippen LogP contribution in [0.1, 0.15) is 25.7 Å². The van der Waals surface area contributed by atoms with Gasteiger partial charge in [0.25, 0.3) is 0 Å². The molecule has 1 fully saturated rings. The van der Waals surface area contributed by atoms with E-state index >= 15 is 0 Å². The molecule has 0 spiro atoms. The van der Waals surface area contributed by atoms with Crippen LogP contribution in [0, 0.1) is 5.92 Å². The quantitative estimate of drug-likeness (QED) is 0.544. The maximum absolute atomic E-state index is 10.3. The topological polar surface area (TPSA) is 26.3 Å². The standard InChI is InChI=1S/C8H14O2/c1-10-8-4-2-7(6-9)3-5-8/h6-8H,2-5H2,1H3/t7-,8-. The molecule has 10 heavy (non-hydrogen) atoms. The van der Waals surface area contributed by atoms with E-state index in [-0.39, 0.29) is 0 Å². The Labute approximate surface area is 61.6 Å². The second kappa shape index (κ2) is 3.71. The molecule has 0 amide bonds. The van der Waals surface area contributed by atoms with Crippen molar-refractivity contribution >= 4 is 6.29 Å². The number of methoxy groups -OCH3 is 1. The van der Waals surface area contributed by atoms with Gasteiger partial charge in [-0.3, -0.25) is 0 Å². The van der Waals surface area contributed by atoms with E-state index in [2.05, 4.69) is 0 Å². The van der Waals surface area contributed by atoms with Gasteiger partial charge in [-0.2, -0.15) is 0 Å². The van der Waals surface area contributed by atoms with Crippen molar-refractivity contribution in [2.75, 3.05) is 7.11 Å². The van der Waals surface area contributed by atoms with E-state index in [1.165, 1.54) is 0 Å². The fourth-order valence-corrected chi connectivity index (χ4v) is 1.46. The van der Waals surface area contributed by atoms with Gasteiger partial charge in [0.15, 0.2) is 0 Å². The van der Waals surface area contributed by atoms with Crippen LogP contribution in [0.15, 0.2) is 0 Å². The Balaban J connectivity index is 2.23. The summed E-state index contributed by atoms with van der Waals surface area (Å²) >= 11 is 0. The molecular formula is C8H14O2. The zero-order valence-corrected chi connectivity index (χ0v) is 6.38. The van der Waals surface area contributed by atoms with E-state index in [0.717, 1.165) is 32.0 Å². The summed E-state index contributed by atoms with van der Waals surface area (Å²) in [5.41, 5.74) is 0. The summed E-state index contributed by atoms with van der Waals surface area (Å²) < 4.78 is 5.17. The molecule has 0 aromatic rings. The minimum Gasteiger partial charge on any atom is -0.381 e. The molecule has 0 bridgehead atoms. The summed E-state index contributed by atoms with van der Waals surface area (Å²) in [5, 5.41) is 0. The van der Waals surface area contributed by atoms with Crippen molar-refractivity contribution < 1.29 is 9.53 Å². The lowest BCUT2D eigenvalue weighted by Crippen LogP contribution is -2.20. The van der Waals surface area contributed by atoms with Gasteiger partial charge in [-0.15, -0.1) is 0 Å². The van der Waals surface area contributed by atoms with E-state index in [0.29, 0.717) is 12.0 Å². The van der Waals surface area contributed by atoms with Crippen LogP contribution in [0.3, 0.4) is 0 Å². The number of carbonyl (C=O) groups excluding carboxylic acids is 1. The lowest BCUT2D eigenvalue weighted by molar-refractivity contribution is -0.112. The summed E-state index contributed by atoms with van der Waals surface area (Å²) in [4.78, 5) is 10.3. The Morgan fingerprint density at radius 2 is 1.90 bits per heavy atom. The zero-order chi connectivity index (χ0) is 7.40. The Bertz CT molecular complexity index is 104. The number of ether oxygens (including phenoxy) is 1. The first kappa shape index (κ1) is 7.73. The maximum atomic E-state index is 10.3. The zero-order valence-electron chi connectivity index (χ0n) is 6.38. The summed E-state index contributed by atoms with van der Waals surface area (Å²) in [6, 6.07) is 0. The lowest BCUT2D eigenvalue weighted by atomic mass is 9.88. The minimum absolute atomic E-state index is 0.311. The first-order valence-corrected chi connectivity index (χ1v) is 3.85. The van der Waals surface area contributed by atoms with E-state index in [1.54, 1.807) is 7.11 Å². The fourth-order valence-electron chi connectivity index (χ4n) is 1.46. The number of hydrogen-bond acceptors (Lipinski definition) is 2. The second-order valence-corrected chi connectivity index (χ2v) is 2.91. The normalized spacial score (nSPS) is 33.7. The molecule has 1 aliphatic carbocycles. The van der Waals surface area contributed by atoms with Gasteiger partial charge < -0.3 is 9.53 Å². The van der Waals surface area contributed by atoms with Gasteiger partial charge in [0.05, 0.1) is 6.10 Å². The highest BCUT2D eigenvalue weighted by atomic mass is 16.5. The van der Waals surface area contributed by atoms with Crippen molar-refractivity contribution in [3.8, 4) is 0 Å². The molecule has 58 valence electrons. The highest BCUT2D eigenvalue weighted by molar-refractivity contribution is 5.53. The Morgan fingerprint density at radius 3 is 2.30 bits per heavy atom. The van der Waals surface area contributed by atoms with Gasteiger partial charge in [-0.25, -0.2) is 0 Å². The fraction of sp³-hybridized carbons (Fsp3) is 0.875. The first-order valence-electron chi connectivity index (χ1n) is 3.85. The van der Waals surface area contributed by atoms with Gasteiger partial charge in [0, 0.05) is 13.0 Å². The number of hydrogen-bond donors (Lipinski definition) is 0. The maximum Gasteiger partial charge on any atom is 0.123 e. The number of rotatable bonds is 2. The number of aldehydes is 1. The van der Waals surface area contributed by atoms with Crippen LogP contribution in [-0.2, 0) is 9.53 Å². The molecule has 2 nitrogen and oxygen atoms in total. The minimum atomic E-state index is 0.311. The van der Waals surface area contributed by atoms with Crippen molar-refractivity contribution in [3.05, 3.63) is 0 Å². The van der Waals surface area contributed by atoms with E-state index in [9.17, 15) is 4.79 Å². The molecule has 1 rings (SSSR count). The summed E-state index contributed by atoms with van der Waals surface area (Å²) in [6.45, 7) is 0. The predicted molar refractivity (Wildman–Crippen MR) is 38.8 cm³/mol. The van der Waals surface area contributed by atoms with Crippen LogP contribution in [-0.4, -0.2) is 19.5 Å². The average Bonchev–Trinajstić information content (AvgIpc) is 2.05. The van der Waals surface area contributed by atoms with Crippen LogP contribution >= 0.6 is 0 Å². The molecule has 0 heterocycles. The molecule has 1 aliphatic rings. The molecule has 0 N–H and O–H groups in total. The van der Waals surface area contributed by atoms with Gasteiger partial charge >= 0.3 is 0 Å². The molecule has 0 aromatic carbocycles. The third kappa shape index (κ3) is 1.81. The molecule has 0 unspecified atom stereocenters. The Hall–Kier alpha value is -0.370. The van der Waals surface area contributed by atoms with Crippen molar-refractivity contribution in [3.63, 3.8) is 0 Å². The van der Waals surface area contributed by atoms with Gasteiger partial charge in [-0.1, -0.05) is 0 Å². The van der Waals surface area contributed by atoms with Crippen molar-refractivity contribution in [1.29, 1.82) is 0 Å². The highest BCUT2D eigenvalue weighted by Gasteiger charge is 2.19. The third-order valence-corrected chi connectivity index (χ3v) is 2.24. The van der Waals surface area contributed by atoms with Crippen molar-refractivity contribution in [2.24, 2.45) is 5.92 Å². The van der Waals surface area contributed by atoms with E-state index in [4.69, 9.17) is 4.74 Å². The molecule has 0 aromatic heterocycles. The lowest BCUT2D eigenvalue weighted by Gasteiger charge is -2.23. The van der Waals surface area contributed by atoms with E-state index < -0.39 is 0 Å². The van der Waals surface area contributed by atoms with Gasteiger partial charge in [-0.05, 0) is 25.7 Å². The molecule has 2 heteroatoms. The SMILES string of the molecule is CO[C@H]1CC[C@H](C=O)CC1. The molecule has 1 saturated carbocycles. The third-order valence-electron chi connectivity index (χ3n) is 2.24. The van der Waals surface area contributed by atoms with Crippen LogP contribution in [0.5, 0.6) is 0 Å². The smallest absolute Gasteiger partial charge is 0.123 e. The second-order valence-electron chi connectivity index (χ2n) is 2.91. The Morgan fingerprint density at radius 1 is 1.30 bits per heavy atom. The highest BCUT2D eigenvalue weighted by Crippen LogP contribution is 2.23. The van der Waals surface area contributed by atoms with Crippen LogP contribution in [0.4, 0.5) is 0 Å². The molecule has 0 radical (unpaired) electrons. The molecule has 0 atom stereocenters. The predicted octanol–water partition coefficient (Wildman–Crippen LogP) is 1.39. The molecular weight excluding hydrogens is 128 g/mol. The van der Waals surface area contributed by atoms with Crippen LogP contribution in [0.25, 0.3) is 0 Å². The van der Waals surface area contributed by atoms with Crippen LogP contribution < -0.4 is 0 Å². The summed E-state index contributed by atoms with van der Waals surface area (Å²) in [6.07, 6.45) is 5.63. The van der Waals surface area contributed by atoms with E-state index in [1.807, 2.05) is 0 Å². The van der Waals surface area contributed by atoms with Crippen molar-refractivity contribution in [2.45, 2.75) is 31.8 Å². The van der Waals surface area contributed by atoms with Crippen LogP contribution in [0.2, 0.25) is 0 Å². The van der Waals surface area contributed by atoms with Crippen molar-refractivity contribution in [1.82, 2.24) is 0 Å². The summed E-state index contributed by atoms with van der Waals surface area (Å²) in [7, 11) is 1.74. The molecule has 0 saturated heterocycles. The van der Waals surface area contributed by atoms with Gasteiger partial charge in [0.2, 0.25) is 0 Å². The van der Waals surface area contributed by atoms with Gasteiger partial charge in [0.1, 0.15) is 6.29 Å². The molecule has 0 aliphatic heterocycles. The average molecular weight is 142 g/mol. The Kier molecular flexibility index (Phi) is 2.87. The summed E-state index contributed by atoms with van der Waals surface area (Å²) in [5.74, 6) is 0.311. The largest absolute Gasteiger partial charge is 0.381 e. The monoisotopic (exact) mass is 142 g/mol. The first-order chi connectivity index (χ1) is 4.86.